The zero-order chi connectivity index (χ0) is 18.9. The minimum atomic E-state index is 0. The first-order valence-electron chi connectivity index (χ1n) is 9.57. The second-order valence-corrected chi connectivity index (χ2v) is 6.78. The Labute approximate surface area is 184 Å². The molecule has 3 rings (SSSR count). The predicted octanol–water partition coefficient (Wildman–Crippen LogP) is 4.01. The van der Waals surface area contributed by atoms with E-state index in [2.05, 4.69) is 27.8 Å². The predicted molar refractivity (Wildman–Crippen MR) is 125 cm³/mol. The zero-order valence-corrected chi connectivity index (χ0v) is 18.9. The molecule has 1 aliphatic carbocycles. The van der Waals surface area contributed by atoms with E-state index in [0.717, 1.165) is 48.5 Å². The van der Waals surface area contributed by atoms with Crippen LogP contribution in [0.1, 0.15) is 24.0 Å². The molecule has 0 heterocycles. The summed E-state index contributed by atoms with van der Waals surface area (Å²) in [6, 6.07) is 16.3. The fourth-order valence-corrected chi connectivity index (χ4v) is 2.91. The molecule has 0 spiro atoms. The maximum Gasteiger partial charge on any atom is 0.191 e. The average molecular weight is 495 g/mol. The molecule has 0 saturated heterocycles. The Morgan fingerprint density at radius 1 is 1.00 bits per heavy atom. The number of rotatable bonds is 9. The molecule has 0 amide bonds. The number of methoxy groups -OCH3 is 1. The maximum absolute atomic E-state index is 5.98. The normalized spacial score (nSPS) is 13.4. The molecule has 0 bridgehead atoms. The van der Waals surface area contributed by atoms with Crippen LogP contribution >= 0.6 is 24.0 Å². The second kappa shape index (κ2) is 11.8. The molecule has 152 valence electrons. The quantitative estimate of drug-likeness (QED) is 0.314. The summed E-state index contributed by atoms with van der Waals surface area (Å²) in [5.41, 5.74) is 2.33. The van der Waals surface area contributed by atoms with Gasteiger partial charge in [-0.05, 0) is 42.9 Å². The van der Waals surface area contributed by atoms with E-state index in [1.165, 1.54) is 18.4 Å². The lowest BCUT2D eigenvalue weighted by Gasteiger charge is -2.15. The SMILES string of the molecule is CN=C(NCCc1ccccc1OC)NCc1ccccc1OCC1CC1.I. The summed E-state index contributed by atoms with van der Waals surface area (Å²) in [5.74, 6) is 3.41. The van der Waals surface area contributed by atoms with Crippen molar-refractivity contribution in [2.45, 2.75) is 25.8 Å². The third kappa shape index (κ3) is 6.89. The number of nitrogens with zero attached hydrogens (tertiary/aromatic N) is 1. The van der Waals surface area contributed by atoms with Crippen LogP contribution in [0.5, 0.6) is 11.5 Å². The Kier molecular flexibility index (Phi) is 9.40. The summed E-state index contributed by atoms with van der Waals surface area (Å²) in [6.45, 7) is 2.28. The van der Waals surface area contributed by atoms with Gasteiger partial charge >= 0.3 is 0 Å². The number of nitrogens with one attached hydrogen (secondary N) is 2. The van der Waals surface area contributed by atoms with E-state index in [0.29, 0.717) is 6.54 Å². The van der Waals surface area contributed by atoms with Crippen molar-refractivity contribution in [1.82, 2.24) is 10.6 Å². The highest BCUT2D eigenvalue weighted by molar-refractivity contribution is 14.0. The lowest BCUT2D eigenvalue weighted by atomic mass is 10.1. The molecule has 2 N–H and O–H groups in total. The van der Waals surface area contributed by atoms with Gasteiger partial charge in [0.15, 0.2) is 5.96 Å². The Hall–Kier alpha value is -1.96. The number of para-hydroxylation sites is 2. The summed E-state index contributed by atoms with van der Waals surface area (Å²) in [5, 5.41) is 6.73. The van der Waals surface area contributed by atoms with Gasteiger partial charge < -0.3 is 20.1 Å². The van der Waals surface area contributed by atoms with Crippen LogP contribution in [0.2, 0.25) is 0 Å². The van der Waals surface area contributed by atoms with E-state index in [4.69, 9.17) is 9.47 Å². The smallest absolute Gasteiger partial charge is 0.191 e. The van der Waals surface area contributed by atoms with Crippen molar-refractivity contribution in [1.29, 1.82) is 0 Å². The maximum atomic E-state index is 5.98. The van der Waals surface area contributed by atoms with Crippen molar-refractivity contribution in [2.75, 3.05) is 27.3 Å². The van der Waals surface area contributed by atoms with Crippen LogP contribution in [-0.4, -0.2) is 33.3 Å². The fourth-order valence-electron chi connectivity index (χ4n) is 2.91. The Morgan fingerprint density at radius 2 is 1.68 bits per heavy atom. The van der Waals surface area contributed by atoms with E-state index < -0.39 is 0 Å². The lowest BCUT2D eigenvalue weighted by molar-refractivity contribution is 0.296. The van der Waals surface area contributed by atoms with Gasteiger partial charge in [0.1, 0.15) is 11.5 Å². The number of guanidine groups is 1. The van der Waals surface area contributed by atoms with Gasteiger partial charge in [-0.15, -0.1) is 24.0 Å². The van der Waals surface area contributed by atoms with Crippen molar-refractivity contribution in [3.05, 3.63) is 59.7 Å². The first-order valence-corrected chi connectivity index (χ1v) is 9.57. The molecule has 1 saturated carbocycles. The molecule has 0 atom stereocenters. The summed E-state index contributed by atoms with van der Waals surface area (Å²) in [4.78, 5) is 4.31. The molecule has 0 radical (unpaired) electrons. The topological polar surface area (TPSA) is 54.9 Å². The van der Waals surface area contributed by atoms with Crippen molar-refractivity contribution < 1.29 is 9.47 Å². The van der Waals surface area contributed by atoms with Gasteiger partial charge in [0.05, 0.1) is 13.7 Å². The van der Waals surface area contributed by atoms with Gasteiger partial charge in [-0.3, -0.25) is 4.99 Å². The highest BCUT2D eigenvalue weighted by Gasteiger charge is 2.22. The van der Waals surface area contributed by atoms with Crippen LogP contribution in [0, 0.1) is 5.92 Å². The molecule has 6 heteroatoms. The third-order valence-corrected chi connectivity index (χ3v) is 4.69. The largest absolute Gasteiger partial charge is 0.496 e. The first kappa shape index (κ1) is 22.3. The number of halogens is 1. The van der Waals surface area contributed by atoms with Crippen LogP contribution < -0.4 is 20.1 Å². The van der Waals surface area contributed by atoms with Gasteiger partial charge in [0.2, 0.25) is 0 Å². The van der Waals surface area contributed by atoms with Crippen molar-refractivity contribution in [2.24, 2.45) is 10.9 Å². The molecule has 5 nitrogen and oxygen atoms in total. The van der Waals surface area contributed by atoms with Crippen molar-refractivity contribution >= 4 is 29.9 Å². The van der Waals surface area contributed by atoms with Gasteiger partial charge in [0, 0.05) is 25.7 Å². The Bertz CT molecular complexity index is 763. The van der Waals surface area contributed by atoms with E-state index in [1.54, 1.807) is 14.2 Å². The highest BCUT2D eigenvalue weighted by atomic mass is 127. The average Bonchev–Trinajstić information content (AvgIpc) is 3.54. The fraction of sp³-hybridized carbons (Fsp3) is 0.409. The molecule has 0 aliphatic heterocycles. The molecule has 2 aromatic carbocycles. The summed E-state index contributed by atoms with van der Waals surface area (Å²) in [7, 11) is 3.49. The molecule has 0 unspecified atom stereocenters. The zero-order valence-electron chi connectivity index (χ0n) is 16.6. The minimum Gasteiger partial charge on any atom is -0.496 e. The van der Waals surface area contributed by atoms with E-state index >= 15 is 0 Å². The molecular formula is C22H30IN3O2. The van der Waals surface area contributed by atoms with Gasteiger partial charge in [-0.25, -0.2) is 0 Å². The van der Waals surface area contributed by atoms with Crippen LogP contribution in [0.15, 0.2) is 53.5 Å². The van der Waals surface area contributed by atoms with Gasteiger partial charge in [-0.2, -0.15) is 0 Å². The third-order valence-electron chi connectivity index (χ3n) is 4.69. The van der Waals surface area contributed by atoms with Gasteiger partial charge in [-0.1, -0.05) is 36.4 Å². The van der Waals surface area contributed by atoms with Crippen molar-refractivity contribution in [3.8, 4) is 11.5 Å². The first-order chi connectivity index (χ1) is 13.3. The molecule has 2 aromatic rings. The molecule has 1 aliphatic rings. The molecule has 28 heavy (non-hydrogen) atoms. The number of aliphatic imine (C=N–C) groups is 1. The van der Waals surface area contributed by atoms with Crippen molar-refractivity contribution in [3.63, 3.8) is 0 Å². The second-order valence-electron chi connectivity index (χ2n) is 6.78. The van der Waals surface area contributed by atoms with Crippen LogP contribution in [0.25, 0.3) is 0 Å². The number of hydrogen-bond acceptors (Lipinski definition) is 3. The number of benzene rings is 2. The molecule has 0 aromatic heterocycles. The highest BCUT2D eigenvalue weighted by Crippen LogP contribution is 2.30. The number of ether oxygens (including phenoxy) is 2. The molecule has 1 fully saturated rings. The van der Waals surface area contributed by atoms with E-state index in [1.807, 2.05) is 36.4 Å². The lowest BCUT2D eigenvalue weighted by Crippen LogP contribution is -2.38. The van der Waals surface area contributed by atoms with E-state index in [-0.39, 0.29) is 24.0 Å². The van der Waals surface area contributed by atoms with Crippen LogP contribution in [-0.2, 0) is 13.0 Å². The van der Waals surface area contributed by atoms with E-state index in [9.17, 15) is 0 Å². The molecular weight excluding hydrogens is 465 g/mol. The summed E-state index contributed by atoms with van der Waals surface area (Å²) in [6.07, 6.45) is 3.46. The monoisotopic (exact) mass is 495 g/mol. The van der Waals surface area contributed by atoms with Gasteiger partial charge in [0.25, 0.3) is 0 Å². The van der Waals surface area contributed by atoms with Crippen LogP contribution in [0.3, 0.4) is 0 Å². The minimum absolute atomic E-state index is 0. The summed E-state index contributed by atoms with van der Waals surface area (Å²) >= 11 is 0. The Morgan fingerprint density at radius 3 is 2.36 bits per heavy atom. The number of hydrogen-bond donors (Lipinski definition) is 2. The van der Waals surface area contributed by atoms with Crippen LogP contribution in [0.4, 0.5) is 0 Å². The standard InChI is InChI=1S/C22H29N3O2.HI/c1-23-22(24-14-13-18-7-3-5-9-20(18)26-2)25-15-19-8-4-6-10-21(19)27-16-17-11-12-17;/h3-10,17H,11-16H2,1-2H3,(H2,23,24,25);1H. The Balaban J connectivity index is 0.00000280. The summed E-state index contributed by atoms with van der Waals surface area (Å²) < 4.78 is 11.4.